The van der Waals surface area contributed by atoms with Gasteiger partial charge in [0.05, 0.1) is 12.7 Å². The molecule has 1 aliphatic heterocycles. The molecule has 1 aromatic carbocycles. The predicted octanol–water partition coefficient (Wildman–Crippen LogP) is 2.00. The normalized spacial score (nSPS) is 15.7. The topological polar surface area (TPSA) is 41.4 Å². The second kappa shape index (κ2) is 7.81. The lowest BCUT2D eigenvalue weighted by Gasteiger charge is -2.34. The van der Waals surface area contributed by atoms with Crippen LogP contribution in [0.15, 0.2) is 36.8 Å². The van der Waals surface area contributed by atoms with Crippen LogP contribution in [0.3, 0.4) is 0 Å². The number of benzene rings is 1. The molecule has 2 heterocycles. The quantitative estimate of drug-likeness (QED) is 0.831. The molecule has 1 saturated heterocycles. The van der Waals surface area contributed by atoms with Crippen molar-refractivity contribution >= 4 is 17.5 Å². The Kier molecular flexibility index (Phi) is 5.53. The Morgan fingerprint density at radius 1 is 1.17 bits per heavy atom. The number of hydrogen-bond acceptors (Lipinski definition) is 3. The maximum absolute atomic E-state index is 12.4. The number of piperazine rings is 1. The van der Waals surface area contributed by atoms with Gasteiger partial charge in [0.1, 0.15) is 0 Å². The molecule has 1 amide bonds. The van der Waals surface area contributed by atoms with Crippen molar-refractivity contribution in [3.63, 3.8) is 0 Å². The van der Waals surface area contributed by atoms with Crippen LogP contribution in [0, 0.1) is 0 Å². The van der Waals surface area contributed by atoms with Crippen molar-refractivity contribution in [1.29, 1.82) is 0 Å². The van der Waals surface area contributed by atoms with Crippen molar-refractivity contribution in [1.82, 2.24) is 19.4 Å². The van der Waals surface area contributed by atoms with Crippen molar-refractivity contribution in [3.05, 3.63) is 53.1 Å². The molecular formula is C18H23ClN4O. The molecule has 0 bridgehead atoms. The fourth-order valence-corrected chi connectivity index (χ4v) is 3.13. The second-order valence-corrected chi connectivity index (χ2v) is 6.71. The number of nitrogens with zero attached hydrogens (tertiary/aromatic N) is 4. The summed E-state index contributed by atoms with van der Waals surface area (Å²) in [6.45, 7) is 4.49. The molecule has 6 heteroatoms. The van der Waals surface area contributed by atoms with Crippen LogP contribution in [-0.2, 0) is 24.7 Å². The van der Waals surface area contributed by atoms with Crippen LogP contribution in [0.4, 0.5) is 0 Å². The predicted molar refractivity (Wildman–Crippen MR) is 95.1 cm³/mol. The van der Waals surface area contributed by atoms with Crippen LogP contribution in [0.1, 0.15) is 11.3 Å². The van der Waals surface area contributed by atoms with Gasteiger partial charge in [0.25, 0.3) is 0 Å². The number of carbonyl (C=O) groups is 1. The van der Waals surface area contributed by atoms with E-state index in [4.69, 9.17) is 11.6 Å². The zero-order valence-corrected chi connectivity index (χ0v) is 14.7. The number of carbonyl (C=O) groups excluding carboxylic acids is 1. The number of hydrogen-bond donors (Lipinski definition) is 0. The minimum Gasteiger partial charge on any atom is -0.340 e. The van der Waals surface area contributed by atoms with E-state index in [2.05, 4.69) is 14.5 Å². The van der Waals surface area contributed by atoms with E-state index in [1.165, 1.54) is 5.69 Å². The van der Waals surface area contributed by atoms with Crippen LogP contribution in [-0.4, -0.2) is 58.0 Å². The highest BCUT2D eigenvalue weighted by Crippen LogP contribution is 2.12. The van der Waals surface area contributed by atoms with E-state index < -0.39 is 0 Å². The highest BCUT2D eigenvalue weighted by molar-refractivity contribution is 6.30. The first-order chi connectivity index (χ1) is 11.6. The maximum Gasteiger partial charge on any atom is 0.227 e. The molecule has 2 aromatic rings. The zero-order chi connectivity index (χ0) is 16.9. The number of imidazole rings is 1. The van der Waals surface area contributed by atoms with Gasteiger partial charge in [0.2, 0.25) is 5.91 Å². The van der Waals surface area contributed by atoms with Gasteiger partial charge in [-0.15, -0.1) is 0 Å². The minimum atomic E-state index is 0.198. The number of halogens is 1. The Morgan fingerprint density at radius 2 is 1.88 bits per heavy atom. The Labute approximate surface area is 147 Å². The molecule has 0 unspecified atom stereocenters. The molecule has 128 valence electrons. The summed E-state index contributed by atoms with van der Waals surface area (Å²) in [6, 6.07) is 7.51. The first-order valence-electron chi connectivity index (χ1n) is 8.31. The van der Waals surface area contributed by atoms with E-state index in [-0.39, 0.29) is 5.91 Å². The van der Waals surface area contributed by atoms with Crippen LogP contribution < -0.4 is 0 Å². The van der Waals surface area contributed by atoms with E-state index in [0.717, 1.165) is 44.7 Å². The summed E-state index contributed by atoms with van der Waals surface area (Å²) < 4.78 is 2.06. The summed E-state index contributed by atoms with van der Waals surface area (Å²) in [5.74, 6) is 0.198. The van der Waals surface area contributed by atoms with E-state index in [9.17, 15) is 4.79 Å². The van der Waals surface area contributed by atoms with E-state index in [1.54, 1.807) is 0 Å². The van der Waals surface area contributed by atoms with Crippen molar-refractivity contribution in [3.8, 4) is 0 Å². The van der Waals surface area contributed by atoms with Crippen molar-refractivity contribution < 1.29 is 4.79 Å². The second-order valence-electron chi connectivity index (χ2n) is 6.27. The highest BCUT2D eigenvalue weighted by Gasteiger charge is 2.21. The average molecular weight is 347 g/mol. The summed E-state index contributed by atoms with van der Waals surface area (Å²) in [7, 11) is 2.02. The number of amides is 1. The first kappa shape index (κ1) is 17.0. The Bertz CT molecular complexity index is 675. The van der Waals surface area contributed by atoms with Gasteiger partial charge in [-0.25, -0.2) is 4.98 Å². The van der Waals surface area contributed by atoms with Crippen molar-refractivity contribution in [2.75, 3.05) is 32.7 Å². The Morgan fingerprint density at radius 3 is 2.50 bits per heavy atom. The van der Waals surface area contributed by atoms with Crippen molar-refractivity contribution in [2.45, 2.75) is 12.8 Å². The summed E-state index contributed by atoms with van der Waals surface area (Å²) in [4.78, 5) is 20.9. The van der Waals surface area contributed by atoms with Crippen molar-refractivity contribution in [2.24, 2.45) is 7.05 Å². The molecule has 24 heavy (non-hydrogen) atoms. The molecule has 0 spiro atoms. The monoisotopic (exact) mass is 346 g/mol. The van der Waals surface area contributed by atoms with Crippen LogP contribution in [0.5, 0.6) is 0 Å². The highest BCUT2D eigenvalue weighted by atomic mass is 35.5. The average Bonchev–Trinajstić information content (AvgIpc) is 3.00. The molecule has 1 aliphatic rings. The molecule has 0 radical (unpaired) electrons. The Hall–Kier alpha value is -1.85. The number of aromatic nitrogens is 2. The molecule has 3 rings (SSSR count). The first-order valence-corrected chi connectivity index (χ1v) is 8.69. The minimum absolute atomic E-state index is 0.198. The lowest BCUT2D eigenvalue weighted by molar-refractivity contribution is -0.132. The molecule has 1 aromatic heterocycles. The van der Waals surface area contributed by atoms with Gasteiger partial charge in [0, 0.05) is 63.1 Å². The smallest absolute Gasteiger partial charge is 0.227 e. The van der Waals surface area contributed by atoms with E-state index >= 15 is 0 Å². The fourth-order valence-electron chi connectivity index (χ4n) is 3.01. The number of rotatable bonds is 5. The molecule has 0 atom stereocenters. The van der Waals surface area contributed by atoms with Gasteiger partial charge in [-0.2, -0.15) is 0 Å². The fraction of sp³-hybridized carbons (Fsp3) is 0.444. The third-order valence-electron chi connectivity index (χ3n) is 4.59. The van der Waals surface area contributed by atoms with Gasteiger partial charge >= 0.3 is 0 Å². The van der Waals surface area contributed by atoms with Gasteiger partial charge in [-0.3, -0.25) is 9.69 Å². The van der Waals surface area contributed by atoms with E-state index in [0.29, 0.717) is 11.4 Å². The molecular weight excluding hydrogens is 324 g/mol. The molecule has 1 fully saturated rings. The van der Waals surface area contributed by atoms with Crippen LogP contribution in [0.2, 0.25) is 5.02 Å². The van der Waals surface area contributed by atoms with Crippen LogP contribution in [0.25, 0.3) is 0 Å². The molecule has 5 nitrogen and oxygen atoms in total. The summed E-state index contributed by atoms with van der Waals surface area (Å²) in [6.07, 6.45) is 5.20. The van der Waals surface area contributed by atoms with Crippen LogP contribution >= 0.6 is 11.6 Å². The van der Waals surface area contributed by atoms with Gasteiger partial charge in [-0.05, 0) is 17.7 Å². The third-order valence-corrected chi connectivity index (χ3v) is 4.85. The summed E-state index contributed by atoms with van der Waals surface area (Å²) >= 11 is 5.88. The molecule has 0 aliphatic carbocycles. The maximum atomic E-state index is 12.4. The van der Waals surface area contributed by atoms with Gasteiger partial charge in [-0.1, -0.05) is 23.7 Å². The van der Waals surface area contributed by atoms with Gasteiger partial charge in [0.15, 0.2) is 0 Å². The standard InChI is InChI=1S/C18H23ClN4O/c1-21-14-20-13-17(21)6-7-22-8-10-23(11-9-22)18(24)12-15-2-4-16(19)5-3-15/h2-5,13-14H,6-12H2,1H3. The Balaban J connectivity index is 1.43. The largest absolute Gasteiger partial charge is 0.340 e. The third kappa shape index (κ3) is 4.36. The SMILES string of the molecule is Cn1cncc1CCN1CCN(C(=O)Cc2ccc(Cl)cc2)CC1. The number of aryl methyl sites for hydroxylation is 1. The van der Waals surface area contributed by atoms with E-state index in [1.807, 2.05) is 48.7 Å². The zero-order valence-electron chi connectivity index (χ0n) is 14.0. The molecule has 0 N–H and O–H groups in total. The lowest BCUT2D eigenvalue weighted by atomic mass is 10.1. The summed E-state index contributed by atoms with van der Waals surface area (Å²) in [5, 5.41) is 0.702. The summed E-state index contributed by atoms with van der Waals surface area (Å²) in [5.41, 5.74) is 2.26. The molecule has 0 saturated carbocycles. The van der Waals surface area contributed by atoms with Gasteiger partial charge < -0.3 is 9.47 Å². The lowest BCUT2D eigenvalue weighted by Crippen LogP contribution is -2.49.